The molecule has 1 aromatic carbocycles. The second kappa shape index (κ2) is 7.93. The number of nitrogens with two attached hydrogens (primary N) is 1. The van der Waals surface area contributed by atoms with E-state index in [2.05, 4.69) is 39.2 Å². The van der Waals surface area contributed by atoms with Crippen molar-refractivity contribution in [3.63, 3.8) is 0 Å². The Morgan fingerprint density at radius 3 is 2.58 bits per heavy atom. The third kappa shape index (κ3) is 3.62. The SMILES string of the molecule is CC(C)([C@@H]1CNCCO1)N1C2CCC1CN(c1cc(-c3ccccc3O)nnc1N)C2. The molecule has 31 heavy (non-hydrogen) atoms. The van der Waals surface area contributed by atoms with Crippen molar-refractivity contribution in [1.82, 2.24) is 20.4 Å². The fourth-order valence-electron chi connectivity index (χ4n) is 5.69. The Labute approximate surface area is 183 Å². The molecule has 0 radical (unpaired) electrons. The van der Waals surface area contributed by atoms with E-state index in [1.165, 1.54) is 12.8 Å². The summed E-state index contributed by atoms with van der Waals surface area (Å²) in [6, 6.07) is 10.1. The Kier molecular flexibility index (Phi) is 5.24. The van der Waals surface area contributed by atoms with Crippen LogP contribution >= 0.6 is 0 Å². The molecule has 2 unspecified atom stereocenters. The highest BCUT2D eigenvalue weighted by molar-refractivity contribution is 5.74. The molecular formula is C23H32N6O2. The third-order valence-corrected chi connectivity index (χ3v) is 7.19. The average Bonchev–Trinajstić information content (AvgIpc) is 3.06. The Balaban J connectivity index is 1.40. The van der Waals surface area contributed by atoms with Gasteiger partial charge in [0.05, 0.1) is 24.1 Å². The number of morpholine rings is 1. The zero-order chi connectivity index (χ0) is 21.6. The van der Waals surface area contributed by atoms with E-state index in [9.17, 15) is 5.11 Å². The first-order valence-corrected chi connectivity index (χ1v) is 11.2. The summed E-state index contributed by atoms with van der Waals surface area (Å²) in [7, 11) is 0. The normalized spacial score (nSPS) is 26.9. The molecule has 8 heteroatoms. The van der Waals surface area contributed by atoms with Crippen LogP contribution in [0.1, 0.15) is 26.7 Å². The number of phenols is 1. The second-order valence-electron chi connectivity index (χ2n) is 9.43. The monoisotopic (exact) mass is 424 g/mol. The van der Waals surface area contributed by atoms with Gasteiger partial charge in [-0.1, -0.05) is 12.1 Å². The summed E-state index contributed by atoms with van der Waals surface area (Å²) in [6.07, 6.45) is 2.54. The van der Waals surface area contributed by atoms with Crippen LogP contribution in [0.2, 0.25) is 0 Å². The number of ether oxygens (including phenoxy) is 1. The summed E-state index contributed by atoms with van der Waals surface area (Å²) in [6.45, 7) is 9.05. The number of hydrogen-bond acceptors (Lipinski definition) is 8. The molecule has 8 nitrogen and oxygen atoms in total. The van der Waals surface area contributed by atoms with Gasteiger partial charge in [0.2, 0.25) is 0 Å². The Bertz CT molecular complexity index is 931. The molecule has 166 valence electrons. The molecule has 1 aromatic heterocycles. The van der Waals surface area contributed by atoms with Gasteiger partial charge in [0.1, 0.15) is 5.75 Å². The van der Waals surface area contributed by atoms with Gasteiger partial charge in [0, 0.05) is 49.4 Å². The van der Waals surface area contributed by atoms with Crippen molar-refractivity contribution >= 4 is 11.5 Å². The molecule has 3 atom stereocenters. The highest BCUT2D eigenvalue weighted by Gasteiger charge is 2.50. The summed E-state index contributed by atoms with van der Waals surface area (Å²) in [5.74, 6) is 0.631. The standard InChI is InChI=1S/C23H32N6O2/c1-23(2,21-12-25-9-10-31-21)29-15-7-8-16(29)14-28(13-15)19-11-18(26-27-22(19)24)17-5-3-4-6-20(17)30/h3-6,11,15-16,21,25,30H,7-10,12-14H2,1-2H3,(H2,24,27)/t15?,16?,21-/m0/s1. The second-order valence-corrected chi connectivity index (χ2v) is 9.43. The van der Waals surface area contributed by atoms with Crippen molar-refractivity contribution in [3.8, 4) is 17.0 Å². The molecule has 2 bridgehead atoms. The van der Waals surface area contributed by atoms with E-state index in [4.69, 9.17) is 10.5 Å². The number of phenolic OH excluding ortho intramolecular Hbond substituents is 1. The summed E-state index contributed by atoms with van der Waals surface area (Å²) in [4.78, 5) is 5.04. The van der Waals surface area contributed by atoms with Crippen molar-refractivity contribution in [2.75, 3.05) is 43.4 Å². The van der Waals surface area contributed by atoms with Crippen LogP contribution in [0.25, 0.3) is 11.3 Å². The molecule has 2 aromatic rings. The van der Waals surface area contributed by atoms with Gasteiger partial charge in [-0.15, -0.1) is 10.2 Å². The topological polar surface area (TPSA) is 99.8 Å². The minimum Gasteiger partial charge on any atom is -0.507 e. The number of aromatic nitrogens is 2. The van der Waals surface area contributed by atoms with Crippen molar-refractivity contribution in [2.24, 2.45) is 0 Å². The van der Waals surface area contributed by atoms with E-state index < -0.39 is 0 Å². The maximum atomic E-state index is 10.2. The van der Waals surface area contributed by atoms with Crippen molar-refractivity contribution in [3.05, 3.63) is 30.3 Å². The lowest BCUT2D eigenvalue weighted by Gasteiger charge is -2.53. The van der Waals surface area contributed by atoms with Crippen LogP contribution in [0.4, 0.5) is 11.5 Å². The van der Waals surface area contributed by atoms with Gasteiger partial charge in [0.15, 0.2) is 5.82 Å². The van der Waals surface area contributed by atoms with E-state index in [1.54, 1.807) is 12.1 Å². The van der Waals surface area contributed by atoms with Crippen LogP contribution in [-0.2, 0) is 4.74 Å². The first-order valence-electron chi connectivity index (χ1n) is 11.2. The third-order valence-electron chi connectivity index (χ3n) is 7.19. The molecule has 3 aliphatic heterocycles. The summed E-state index contributed by atoms with van der Waals surface area (Å²) < 4.78 is 6.15. The van der Waals surface area contributed by atoms with Gasteiger partial charge in [0.25, 0.3) is 0 Å². The van der Waals surface area contributed by atoms with Crippen LogP contribution < -0.4 is 16.0 Å². The summed E-state index contributed by atoms with van der Waals surface area (Å²) in [5, 5.41) is 22.2. The molecule has 4 heterocycles. The lowest BCUT2D eigenvalue weighted by Crippen LogP contribution is -2.67. The summed E-state index contributed by atoms with van der Waals surface area (Å²) >= 11 is 0. The maximum absolute atomic E-state index is 10.2. The molecule has 4 N–H and O–H groups in total. The van der Waals surface area contributed by atoms with Crippen molar-refractivity contribution < 1.29 is 9.84 Å². The van der Waals surface area contributed by atoms with E-state index in [0.717, 1.165) is 38.5 Å². The number of aromatic hydroxyl groups is 1. The van der Waals surface area contributed by atoms with Crippen LogP contribution in [0.3, 0.4) is 0 Å². The van der Waals surface area contributed by atoms with E-state index in [1.807, 2.05) is 18.2 Å². The molecule has 3 fully saturated rings. The largest absolute Gasteiger partial charge is 0.507 e. The van der Waals surface area contributed by atoms with Crippen LogP contribution in [-0.4, -0.2) is 76.7 Å². The zero-order valence-corrected chi connectivity index (χ0v) is 18.3. The van der Waals surface area contributed by atoms with Gasteiger partial charge >= 0.3 is 0 Å². The Morgan fingerprint density at radius 2 is 1.90 bits per heavy atom. The van der Waals surface area contributed by atoms with Gasteiger partial charge in [-0.3, -0.25) is 4.90 Å². The van der Waals surface area contributed by atoms with E-state index in [-0.39, 0.29) is 17.4 Å². The lowest BCUT2D eigenvalue weighted by atomic mass is 9.90. The number of hydrogen-bond donors (Lipinski definition) is 3. The predicted molar refractivity (Wildman–Crippen MR) is 121 cm³/mol. The first-order chi connectivity index (χ1) is 14.9. The van der Waals surface area contributed by atoms with Gasteiger partial charge in [-0.05, 0) is 44.9 Å². The maximum Gasteiger partial charge on any atom is 0.169 e. The van der Waals surface area contributed by atoms with Gasteiger partial charge in [-0.2, -0.15) is 0 Å². The molecule has 3 saturated heterocycles. The summed E-state index contributed by atoms with van der Waals surface area (Å²) in [5.41, 5.74) is 8.44. The Hall–Kier alpha value is -2.42. The number of para-hydroxylation sites is 1. The molecule has 0 saturated carbocycles. The van der Waals surface area contributed by atoms with Crippen LogP contribution in [0.15, 0.2) is 30.3 Å². The zero-order valence-electron chi connectivity index (χ0n) is 18.3. The van der Waals surface area contributed by atoms with Gasteiger partial charge < -0.3 is 25.8 Å². The number of benzene rings is 1. The number of nitrogens with zero attached hydrogens (tertiary/aromatic N) is 4. The molecule has 0 amide bonds. The average molecular weight is 425 g/mol. The fourth-order valence-corrected chi connectivity index (χ4v) is 5.69. The highest BCUT2D eigenvalue weighted by Crippen LogP contribution is 2.41. The van der Waals surface area contributed by atoms with Crippen molar-refractivity contribution in [2.45, 2.75) is 50.4 Å². The van der Waals surface area contributed by atoms with Gasteiger partial charge in [-0.25, -0.2) is 0 Å². The van der Waals surface area contributed by atoms with Crippen LogP contribution in [0, 0.1) is 0 Å². The minimum atomic E-state index is -0.0334. The smallest absolute Gasteiger partial charge is 0.169 e. The Morgan fingerprint density at radius 1 is 1.16 bits per heavy atom. The highest BCUT2D eigenvalue weighted by atomic mass is 16.5. The lowest BCUT2D eigenvalue weighted by molar-refractivity contribution is -0.0900. The van der Waals surface area contributed by atoms with Crippen LogP contribution in [0.5, 0.6) is 5.75 Å². The number of anilines is 2. The molecule has 3 aliphatic rings. The first kappa shape index (κ1) is 20.5. The molecule has 5 rings (SSSR count). The quantitative estimate of drug-likeness (QED) is 0.684. The molecular weight excluding hydrogens is 392 g/mol. The number of piperazine rings is 1. The number of fused-ring (bicyclic) bond motifs is 2. The van der Waals surface area contributed by atoms with E-state index >= 15 is 0 Å². The van der Waals surface area contributed by atoms with E-state index in [0.29, 0.717) is 29.2 Å². The number of nitrogen functional groups attached to an aromatic ring is 1. The number of rotatable bonds is 4. The predicted octanol–water partition coefficient (Wildman–Crippen LogP) is 1.85. The van der Waals surface area contributed by atoms with Crippen molar-refractivity contribution in [1.29, 1.82) is 0 Å². The minimum absolute atomic E-state index is 0.0334. The molecule has 0 aliphatic carbocycles. The fraction of sp³-hybridized carbons (Fsp3) is 0.565. The number of nitrogens with one attached hydrogen (secondary N) is 1. The molecule has 0 spiro atoms.